The van der Waals surface area contributed by atoms with Crippen LogP contribution >= 0.6 is 15.9 Å². The lowest BCUT2D eigenvalue weighted by atomic mass is 10.1. The van der Waals surface area contributed by atoms with Crippen LogP contribution in [0.2, 0.25) is 0 Å². The third-order valence-corrected chi connectivity index (χ3v) is 4.96. The predicted octanol–water partition coefficient (Wildman–Crippen LogP) is 2.80. The maximum atomic E-state index is 13.5. The van der Waals surface area contributed by atoms with Gasteiger partial charge in [-0.1, -0.05) is 0 Å². The van der Waals surface area contributed by atoms with E-state index in [1.165, 1.54) is 33.2 Å². The monoisotopic (exact) mass is 389 g/mol. The number of halogens is 2. The fraction of sp³-hybridized carbons (Fsp3) is 0.231. The van der Waals surface area contributed by atoms with Crippen molar-refractivity contribution in [2.75, 3.05) is 11.8 Å². The van der Waals surface area contributed by atoms with Crippen molar-refractivity contribution >= 4 is 31.8 Å². The van der Waals surface area contributed by atoms with Crippen LogP contribution in [0.3, 0.4) is 0 Å². The summed E-state index contributed by atoms with van der Waals surface area (Å²) in [7, 11) is -2.59. The minimum atomic E-state index is -3.94. The fourth-order valence-corrected chi connectivity index (χ4v) is 3.37. The number of sulfonamides is 1. The van der Waals surface area contributed by atoms with Crippen LogP contribution in [0.25, 0.3) is 0 Å². The standard InChI is InChI=1S/C13H13BrFN3O3S/c1-7-8(2)10(5-4-9(7)15)22(19,20)18-12-13(21-3)17-11(14)6-16-12/h4-6H,1-3H3,(H,16,18). The first-order chi connectivity index (χ1) is 10.3. The van der Waals surface area contributed by atoms with E-state index in [0.717, 1.165) is 6.07 Å². The Bertz CT molecular complexity index is 828. The molecule has 0 aliphatic heterocycles. The van der Waals surface area contributed by atoms with E-state index in [9.17, 15) is 12.8 Å². The number of ether oxygens (including phenoxy) is 1. The molecule has 0 aliphatic rings. The molecule has 0 bridgehead atoms. The van der Waals surface area contributed by atoms with Gasteiger partial charge in [0, 0.05) is 0 Å². The van der Waals surface area contributed by atoms with Crippen LogP contribution in [0.15, 0.2) is 27.8 Å². The van der Waals surface area contributed by atoms with Crippen LogP contribution < -0.4 is 9.46 Å². The Kier molecular flexibility index (Phi) is 4.66. The molecule has 0 saturated heterocycles. The van der Waals surface area contributed by atoms with Gasteiger partial charge in [0.05, 0.1) is 18.2 Å². The van der Waals surface area contributed by atoms with Gasteiger partial charge in [-0.25, -0.2) is 22.8 Å². The number of methoxy groups -OCH3 is 1. The van der Waals surface area contributed by atoms with Crippen LogP contribution in [-0.2, 0) is 10.0 Å². The van der Waals surface area contributed by atoms with Gasteiger partial charge in [-0.15, -0.1) is 0 Å². The zero-order valence-corrected chi connectivity index (χ0v) is 14.4. The van der Waals surface area contributed by atoms with E-state index in [4.69, 9.17) is 4.74 Å². The second kappa shape index (κ2) is 6.17. The molecule has 1 aromatic heterocycles. The molecule has 2 aromatic rings. The van der Waals surface area contributed by atoms with Crippen molar-refractivity contribution in [3.05, 3.63) is 39.9 Å². The Hall–Kier alpha value is -1.74. The number of nitrogens with zero attached hydrogens (tertiary/aromatic N) is 2. The molecule has 6 nitrogen and oxygen atoms in total. The molecular formula is C13H13BrFN3O3S. The van der Waals surface area contributed by atoms with Crippen molar-refractivity contribution in [3.8, 4) is 5.88 Å². The van der Waals surface area contributed by atoms with E-state index < -0.39 is 15.8 Å². The van der Waals surface area contributed by atoms with E-state index in [-0.39, 0.29) is 22.2 Å². The average Bonchev–Trinajstić information content (AvgIpc) is 2.46. The number of aromatic nitrogens is 2. The number of rotatable bonds is 4. The van der Waals surface area contributed by atoms with Crippen LogP contribution in [0.5, 0.6) is 5.88 Å². The van der Waals surface area contributed by atoms with E-state index in [0.29, 0.717) is 10.2 Å². The number of hydrogen-bond acceptors (Lipinski definition) is 5. The third-order valence-electron chi connectivity index (χ3n) is 3.10. The molecule has 118 valence electrons. The Morgan fingerprint density at radius 2 is 1.95 bits per heavy atom. The maximum Gasteiger partial charge on any atom is 0.263 e. The predicted molar refractivity (Wildman–Crippen MR) is 83.0 cm³/mol. The van der Waals surface area contributed by atoms with E-state index >= 15 is 0 Å². The largest absolute Gasteiger partial charge is 0.478 e. The molecule has 0 fully saturated rings. The molecule has 0 spiro atoms. The summed E-state index contributed by atoms with van der Waals surface area (Å²) in [6.07, 6.45) is 1.34. The zero-order valence-electron chi connectivity index (χ0n) is 12.0. The van der Waals surface area contributed by atoms with Gasteiger partial charge in [-0.2, -0.15) is 0 Å². The molecule has 1 aromatic carbocycles. The highest BCUT2D eigenvalue weighted by molar-refractivity contribution is 9.10. The van der Waals surface area contributed by atoms with Gasteiger partial charge in [0.15, 0.2) is 0 Å². The summed E-state index contributed by atoms with van der Waals surface area (Å²) < 4.78 is 46.1. The lowest BCUT2D eigenvalue weighted by Gasteiger charge is -2.13. The Balaban J connectivity index is 2.47. The first-order valence-electron chi connectivity index (χ1n) is 6.11. The quantitative estimate of drug-likeness (QED) is 0.869. The van der Waals surface area contributed by atoms with Crippen LogP contribution in [-0.4, -0.2) is 25.5 Å². The van der Waals surface area contributed by atoms with Crippen molar-refractivity contribution in [1.82, 2.24) is 9.97 Å². The van der Waals surface area contributed by atoms with Gasteiger partial charge in [0.1, 0.15) is 10.4 Å². The maximum absolute atomic E-state index is 13.5. The number of anilines is 1. The summed E-state index contributed by atoms with van der Waals surface area (Å²) in [5.41, 5.74) is 0.605. The number of benzene rings is 1. The van der Waals surface area contributed by atoms with Gasteiger partial charge >= 0.3 is 0 Å². The third kappa shape index (κ3) is 3.20. The highest BCUT2D eigenvalue weighted by Gasteiger charge is 2.22. The van der Waals surface area contributed by atoms with Crippen molar-refractivity contribution in [3.63, 3.8) is 0 Å². The molecule has 0 saturated carbocycles. The van der Waals surface area contributed by atoms with Crippen LogP contribution in [0.1, 0.15) is 11.1 Å². The molecule has 22 heavy (non-hydrogen) atoms. The van der Waals surface area contributed by atoms with Gasteiger partial charge in [0.25, 0.3) is 15.9 Å². The summed E-state index contributed by atoms with van der Waals surface area (Å²) in [6, 6.07) is 2.32. The smallest absolute Gasteiger partial charge is 0.263 e. The Labute approximate surface area is 135 Å². The molecule has 0 unspecified atom stereocenters. The zero-order chi connectivity index (χ0) is 16.5. The molecule has 0 radical (unpaired) electrons. The van der Waals surface area contributed by atoms with Crippen LogP contribution in [0.4, 0.5) is 10.2 Å². The summed E-state index contributed by atoms with van der Waals surface area (Å²) in [5.74, 6) is -0.487. The van der Waals surface area contributed by atoms with E-state index in [2.05, 4.69) is 30.6 Å². The van der Waals surface area contributed by atoms with Crippen molar-refractivity contribution in [2.24, 2.45) is 0 Å². The van der Waals surface area contributed by atoms with E-state index in [1.54, 1.807) is 0 Å². The summed E-state index contributed by atoms with van der Waals surface area (Å²) in [5, 5.41) is 0. The summed E-state index contributed by atoms with van der Waals surface area (Å²) in [6.45, 7) is 3.06. The minimum Gasteiger partial charge on any atom is -0.478 e. The van der Waals surface area contributed by atoms with Gasteiger partial charge in [0.2, 0.25) is 5.82 Å². The van der Waals surface area contributed by atoms with Crippen LogP contribution in [0, 0.1) is 19.7 Å². The lowest BCUT2D eigenvalue weighted by Crippen LogP contribution is -2.17. The molecule has 1 heterocycles. The SMILES string of the molecule is COc1nc(Br)cnc1NS(=O)(=O)c1ccc(F)c(C)c1C. The second-order valence-electron chi connectivity index (χ2n) is 4.45. The number of hydrogen-bond donors (Lipinski definition) is 1. The Morgan fingerprint density at radius 3 is 2.59 bits per heavy atom. The molecule has 0 aliphatic carbocycles. The molecule has 0 atom stereocenters. The number of nitrogens with one attached hydrogen (secondary N) is 1. The summed E-state index contributed by atoms with van der Waals surface area (Å²) in [4.78, 5) is 7.87. The molecule has 1 N–H and O–H groups in total. The second-order valence-corrected chi connectivity index (χ2v) is 6.91. The molecule has 0 amide bonds. The normalized spacial score (nSPS) is 11.3. The van der Waals surface area contributed by atoms with Crippen molar-refractivity contribution in [2.45, 2.75) is 18.7 Å². The molecular weight excluding hydrogens is 377 g/mol. The van der Waals surface area contributed by atoms with Gasteiger partial charge < -0.3 is 4.74 Å². The minimum absolute atomic E-state index is 0.0226. The van der Waals surface area contributed by atoms with Crippen molar-refractivity contribution in [1.29, 1.82) is 0 Å². The first kappa shape index (κ1) is 16.6. The van der Waals surface area contributed by atoms with Gasteiger partial charge in [-0.05, 0) is 53.0 Å². The van der Waals surface area contributed by atoms with Crippen molar-refractivity contribution < 1.29 is 17.5 Å². The molecule has 2 rings (SSSR count). The fourth-order valence-electron chi connectivity index (χ4n) is 1.80. The highest BCUT2D eigenvalue weighted by atomic mass is 79.9. The highest BCUT2D eigenvalue weighted by Crippen LogP contribution is 2.26. The van der Waals surface area contributed by atoms with Gasteiger partial charge in [-0.3, -0.25) is 4.72 Å². The average molecular weight is 390 g/mol. The van der Waals surface area contributed by atoms with E-state index in [1.807, 2.05) is 0 Å². The first-order valence-corrected chi connectivity index (χ1v) is 8.39. The molecule has 9 heteroatoms. The lowest BCUT2D eigenvalue weighted by molar-refractivity contribution is 0.397. The topological polar surface area (TPSA) is 81.2 Å². The Morgan fingerprint density at radius 1 is 1.27 bits per heavy atom. The summed E-state index contributed by atoms with van der Waals surface area (Å²) >= 11 is 3.12.